The third kappa shape index (κ3) is 6.16. The maximum Gasteiger partial charge on any atom is 0.257 e. The molecular formula is C27H31N7O6S. The van der Waals surface area contributed by atoms with Gasteiger partial charge in [0.25, 0.3) is 5.88 Å². The summed E-state index contributed by atoms with van der Waals surface area (Å²) in [6.07, 6.45) is 3.89. The summed E-state index contributed by atoms with van der Waals surface area (Å²) >= 11 is 0. The lowest BCUT2D eigenvalue weighted by molar-refractivity contribution is -0.119. The minimum absolute atomic E-state index is 0.176. The number of nitrogens with two attached hydrogens (primary N) is 1. The second-order valence-electron chi connectivity index (χ2n) is 10.6. The number of fused-ring (bicyclic) bond motifs is 1. The van der Waals surface area contributed by atoms with Crippen molar-refractivity contribution in [1.82, 2.24) is 15.0 Å². The van der Waals surface area contributed by atoms with Gasteiger partial charge >= 0.3 is 0 Å². The van der Waals surface area contributed by atoms with E-state index in [4.69, 9.17) is 15.2 Å². The summed E-state index contributed by atoms with van der Waals surface area (Å²) in [6.45, 7) is 6.04. The lowest BCUT2D eigenvalue weighted by Crippen LogP contribution is -2.40. The number of amides is 2. The molecule has 3 aromatic rings. The summed E-state index contributed by atoms with van der Waals surface area (Å²) in [7, 11) is -3.72. The van der Waals surface area contributed by atoms with Crippen LogP contribution in [-0.4, -0.2) is 66.2 Å². The van der Waals surface area contributed by atoms with Crippen LogP contribution in [0, 0.1) is 0 Å². The van der Waals surface area contributed by atoms with Crippen LogP contribution >= 0.6 is 0 Å². The van der Waals surface area contributed by atoms with Gasteiger partial charge in [-0.05, 0) is 44.9 Å². The summed E-state index contributed by atoms with van der Waals surface area (Å²) in [6, 6.07) is 7.61. The van der Waals surface area contributed by atoms with Crippen LogP contribution in [-0.2, 0) is 19.4 Å². The molecule has 13 nitrogen and oxygen atoms in total. The minimum Gasteiger partial charge on any atom is -0.479 e. The number of nitrogens with one attached hydrogen (secondary N) is 2. The first-order valence-corrected chi connectivity index (χ1v) is 14.8. The average molecular weight is 582 g/mol. The molecule has 0 radical (unpaired) electrons. The number of ether oxygens (including phenoxy) is 2. The topological polar surface area (TPSA) is 179 Å². The molecule has 216 valence electrons. The fraction of sp³-hybridized carbons (Fsp3) is 0.370. The van der Waals surface area contributed by atoms with Gasteiger partial charge in [0, 0.05) is 49.3 Å². The summed E-state index contributed by atoms with van der Waals surface area (Å²) in [5, 5.41) is 5.65. The largest absolute Gasteiger partial charge is 0.479 e. The van der Waals surface area contributed by atoms with Gasteiger partial charge < -0.3 is 30.7 Å². The van der Waals surface area contributed by atoms with E-state index in [2.05, 4.69) is 25.6 Å². The molecule has 0 saturated carbocycles. The normalized spacial score (nSPS) is 17.7. The van der Waals surface area contributed by atoms with Crippen LogP contribution in [0.5, 0.6) is 11.6 Å². The number of sulfone groups is 1. The number of hydrogen-bond donors (Lipinski definition) is 3. The number of pyridine rings is 3. The van der Waals surface area contributed by atoms with Gasteiger partial charge in [-0.25, -0.2) is 23.4 Å². The van der Waals surface area contributed by atoms with Gasteiger partial charge in [-0.1, -0.05) is 0 Å². The maximum atomic E-state index is 12.6. The third-order valence-electron chi connectivity index (χ3n) is 6.59. The first-order valence-electron chi connectivity index (χ1n) is 12.9. The molecule has 0 aromatic carbocycles. The molecule has 2 aliphatic heterocycles. The van der Waals surface area contributed by atoms with Gasteiger partial charge in [-0.3, -0.25) is 9.59 Å². The van der Waals surface area contributed by atoms with Crippen molar-refractivity contribution in [2.45, 2.75) is 50.3 Å². The Labute approximate surface area is 237 Å². The molecule has 4 N–H and O–H groups in total. The molecular weight excluding hydrogens is 550 g/mol. The number of carbonyl (C=O) groups excluding carboxylic acids is 2. The molecule has 1 saturated heterocycles. The number of hydrogen-bond acceptors (Lipinski definition) is 11. The van der Waals surface area contributed by atoms with E-state index in [0.717, 1.165) is 12.7 Å². The van der Waals surface area contributed by atoms with Crippen molar-refractivity contribution in [3.63, 3.8) is 0 Å². The monoisotopic (exact) mass is 581 g/mol. The minimum atomic E-state index is -3.72. The maximum absolute atomic E-state index is 12.6. The Morgan fingerprint density at radius 3 is 2.63 bits per heavy atom. The standard InChI is InChI=1S/C27H31N7O6S/c1-15(35)30-22-12-19(17(13-29-22)18-7-8-21-26(32-18)39-14-27(2,3)40-21)31-23-10-16(11-24(33-23)41(4,37)38)34-9-5-6-20(34)25(28)36/h7-8,10-13,20H,5-6,9,14H2,1-4H3,(H2,28,36)(H2,29,30,31,33,35). The number of carbonyl (C=O) groups is 2. The highest BCUT2D eigenvalue weighted by Gasteiger charge is 2.31. The molecule has 2 amide bonds. The van der Waals surface area contributed by atoms with Crippen molar-refractivity contribution >= 4 is 44.7 Å². The molecule has 14 heteroatoms. The Kier molecular flexibility index (Phi) is 7.19. The fourth-order valence-electron chi connectivity index (χ4n) is 4.76. The fourth-order valence-corrected chi connectivity index (χ4v) is 5.36. The molecule has 0 spiro atoms. The molecule has 5 rings (SSSR count). The quantitative estimate of drug-likeness (QED) is 0.373. The molecule has 0 bridgehead atoms. The van der Waals surface area contributed by atoms with Crippen molar-refractivity contribution in [1.29, 1.82) is 0 Å². The predicted octanol–water partition coefficient (Wildman–Crippen LogP) is 2.65. The lowest BCUT2D eigenvalue weighted by Gasteiger charge is -2.31. The summed E-state index contributed by atoms with van der Waals surface area (Å²) in [5.74, 6) is 0.477. The number of primary amides is 1. The Morgan fingerprint density at radius 2 is 1.93 bits per heavy atom. The van der Waals surface area contributed by atoms with Gasteiger partial charge in [-0.15, -0.1) is 0 Å². The number of anilines is 4. The van der Waals surface area contributed by atoms with Crippen molar-refractivity contribution in [2.75, 3.05) is 34.9 Å². The van der Waals surface area contributed by atoms with Crippen LogP contribution in [0.25, 0.3) is 11.3 Å². The van der Waals surface area contributed by atoms with Crippen molar-refractivity contribution < 1.29 is 27.5 Å². The van der Waals surface area contributed by atoms with Crippen molar-refractivity contribution in [2.24, 2.45) is 5.73 Å². The van der Waals surface area contributed by atoms with E-state index < -0.39 is 27.4 Å². The summed E-state index contributed by atoms with van der Waals surface area (Å²) < 4.78 is 36.9. The number of aromatic nitrogens is 3. The van der Waals surface area contributed by atoms with Crippen LogP contribution in [0.2, 0.25) is 0 Å². The van der Waals surface area contributed by atoms with E-state index in [0.29, 0.717) is 53.8 Å². The molecule has 5 heterocycles. The van der Waals surface area contributed by atoms with E-state index in [1.165, 1.54) is 19.2 Å². The van der Waals surface area contributed by atoms with Gasteiger partial charge in [0.2, 0.25) is 11.8 Å². The number of rotatable bonds is 7. The second kappa shape index (κ2) is 10.5. The van der Waals surface area contributed by atoms with E-state index in [9.17, 15) is 18.0 Å². The zero-order valence-corrected chi connectivity index (χ0v) is 23.9. The van der Waals surface area contributed by atoms with Crippen LogP contribution in [0.4, 0.5) is 23.0 Å². The van der Waals surface area contributed by atoms with Crippen molar-refractivity contribution in [3.8, 4) is 22.9 Å². The van der Waals surface area contributed by atoms with E-state index in [1.54, 1.807) is 29.2 Å². The SMILES string of the molecule is CC(=O)Nc1cc(Nc2cc(N3CCCC3C(N)=O)cc(S(C)(=O)=O)n2)c(-c2ccc3c(n2)OCC(C)(C)O3)cn1. The Bertz CT molecular complexity index is 1640. The van der Waals surface area contributed by atoms with Crippen LogP contribution < -0.4 is 30.7 Å². The lowest BCUT2D eigenvalue weighted by atomic mass is 10.1. The number of nitrogens with zero attached hydrogens (tertiary/aromatic N) is 4. The van der Waals surface area contributed by atoms with Gasteiger partial charge in [0.15, 0.2) is 20.6 Å². The smallest absolute Gasteiger partial charge is 0.257 e. The van der Waals surface area contributed by atoms with Crippen molar-refractivity contribution in [3.05, 3.63) is 36.5 Å². The van der Waals surface area contributed by atoms with E-state index in [1.807, 2.05) is 13.8 Å². The second-order valence-corrected chi connectivity index (χ2v) is 12.6. The summed E-state index contributed by atoms with van der Waals surface area (Å²) in [5.41, 5.74) is 7.06. The Balaban J connectivity index is 1.59. The van der Waals surface area contributed by atoms with E-state index >= 15 is 0 Å². The van der Waals surface area contributed by atoms with Gasteiger partial charge in [0.1, 0.15) is 29.9 Å². The molecule has 41 heavy (non-hydrogen) atoms. The van der Waals surface area contributed by atoms with Gasteiger partial charge in [0.05, 0.1) is 11.4 Å². The Hall–Kier alpha value is -4.46. The van der Waals surface area contributed by atoms with Crippen LogP contribution in [0.1, 0.15) is 33.6 Å². The van der Waals surface area contributed by atoms with Crippen LogP contribution in [0.3, 0.4) is 0 Å². The Morgan fingerprint density at radius 1 is 1.15 bits per heavy atom. The molecule has 1 atom stereocenters. The molecule has 2 aliphatic rings. The highest BCUT2D eigenvalue weighted by Crippen LogP contribution is 2.38. The van der Waals surface area contributed by atoms with Crippen LogP contribution in [0.15, 0.2) is 41.6 Å². The molecule has 3 aromatic heterocycles. The molecule has 1 unspecified atom stereocenters. The zero-order valence-electron chi connectivity index (χ0n) is 23.1. The highest BCUT2D eigenvalue weighted by molar-refractivity contribution is 7.90. The predicted molar refractivity (Wildman–Crippen MR) is 152 cm³/mol. The molecule has 0 aliphatic carbocycles. The van der Waals surface area contributed by atoms with E-state index in [-0.39, 0.29) is 22.6 Å². The first kappa shape index (κ1) is 28.1. The molecule has 1 fully saturated rings. The van der Waals surface area contributed by atoms with Gasteiger partial charge in [-0.2, -0.15) is 0 Å². The average Bonchev–Trinajstić information content (AvgIpc) is 3.38. The summed E-state index contributed by atoms with van der Waals surface area (Å²) in [4.78, 5) is 38.9. The zero-order chi connectivity index (χ0) is 29.5. The highest BCUT2D eigenvalue weighted by atomic mass is 32.2. The first-order chi connectivity index (χ1) is 19.3. The third-order valence-corrected chi connectivity index (χ3v) is 7.56.